The highest BCUT2D eigenvalue weighted by molar-refractivity contribution is 7.89. The summed E-state index contributed by atoms with van der Waals surface area (Å²) in [5, 5.41) is 2.62. The molecule has 2 aromatic rings. The third kappa shape index (κ3) is 4.12. The maximum absolute atomic E-state index is 13.1. The smallest absolute Gasteiger partial charge is 0.262 e. The van der Waals surface area contributed by atoms with Crippen molar-refractivity contribution < 1.29 is 27.5 Å². The third-order valence-electron chi connectivity index (χ3n) is 6.31. The van der Waals surface area contributed by atoms with E-state index in [2.05, 4.69) is 5.32 Å². The van der Waals surface area contributed by atoms with E-state index in [9.17, 15) is 22.8 Å². The summed E-state index contributed by atoms with van der Waals surface area (Å²) in [4.78, 5) is 40.4. The van der Waals surface area contributed by atoms with E-state index in [1.807, 2.05) is 30.3 Å². The summed E-state index contributed by atoms with van der Waals surface area (Å²) in [6, 6.07) is 13.6. The minimum atomic E-state index is -3.81. The Morgan fingerprint density at radius 1 is 1.00 bits per heavy atom. The Morgan fingerprint density at radius 2 is 1.74 bits per heavy atom. The molecule has 2 saturated heterocycles. The first-order valence-electron chi connectivity index (χ1n) is 11.0. The number of carbonyl (C=O) groups excluding carboxylic acids is 3. The van der Waals surface area contributed by atoms with Crippen molar-refractivity contribution in [2.24, 2.45) is 5.92 Å². The first kappa shape index (κ1) is 22.4. The fourth-order valence-corrected chi connectivity index (χ4v) is 5.96. The summed E-state index contributed by atoms with van der Waals surface area (Å²) in [5.41, 5.74) is 1.09. The fraction of sp³-hybridized carbons (Fsp3) is 0.348. The molecule has 0 unspecified atom stereocenters. The van der Waals surface area contributed by atoms with Crippen LogP contribution in [0.3, 0.4) is 0 Å². The molecule has 178 valence electrons. The summed E-state index contributed by atoms with van der Waals surface area (Å²) in [6.45, 7) is 1.01. The van der Waals surface area contributed by atoms with Crippen LogP contribution in [0.25, 0.3) is 0 Å². The van der Waals surface area contributed by atoms with Gasteiger partial charge in [-0.15, -0.1) is 0 Å². The number of fused-ring (bicyclic) bond motifs is 1. The predicted molar refractivity (Wildman–Crippen MR) is 123 cm³/mol. The molecule has 3 aliphatic heterocycles. The topological polar surface area (TPSA) is 116 Å². The third-order valence-corrected chi connectivity index (χ3v) is 8.21. The first-order chi connectivity index (χ1) is 16.3. The van der Waals surface area contributed by atoms with Gasteiger partial charge in [0.2, 0.25) is 21.8 Å². The number of carbonyl (C=O) groups is 3. The summed E-state index contributed by atoms with van der Waals surface area (Å²) in [6.07, 6.45) is 0.148. The second kappa shape index (κ2) is 8.73. The molecule has 0 bridgehead atoms. The van der Waals surface area contributed by atoms with E-state index in [1.165, 1.54) is 22.5 Å². The average molecular weight is 485 g/mol. The standard InChI is InChI=1S/C23H24N4O6S/c28-21-15-33-20-7-6-18(13-19(20)24-21)34(31,32)26-10-8-25(9-11-26)23(30)16-12-22(29)27(14-16)17-4-2-1-3-5-17/h1-7,13,16H,8-12,14-15H2,(H,24,28)/t16-/m1/s1. The van der Waals surface area contributed by atoms with Gasteiger partial charge in [-0.2, -0.15) is 4.31 Å². The van der Waals surface area contributed by atoms with Gasteiger partial charge >= 0.3 is 0 Å². The van der Waals surface area contributed by atoms with E-state index in [4.69, 9.17) is 4.74 Å². The van der Waals surface area contributed by atoms with E-state index in [0.717, 1.165) is 5.69 Å². The van der Waals surface area contributed by atoms with Crippen LogP contribution in [0.1, 0.15) is 6.42 Å². The summed E-state index contributed by atoms with van der Waals surface area (Å²) >= 11 is 0. The molecule has 0 aromatic heterocycles. The number of piperazine rings is 1. The zero-order valence-electron chi connectivity index (χ0n) is 18.3. The molecule has 2 fully saturated rings. The molecule has 5 rings (SSSR count). The van der Waals surface area contributed by atoms with Gasteiger partial charge in [0.25, 0.3) is 5.91 Å². The van der Waals surface area contributed by atoms with Crippen LogP contribution in [0.15, 0.2) is 53.4 Å². The lowest BCUT2D eigenvalue weighted by Gasteiger charge is -2.35. The molecule has 0 spiro atoms. The van der Waals surface area contributed by atoms with Gasteiger partial charge < -0.3 is 19.9 Å². The van der Waals surface area contributed by atoms with Crippen molar-refractivity contribution in [2.45, 2.75) is 11.3 Å². The molecule has 0 aliphatic carbocycles. The van der Waals surface area contributed by atoms with Crippen molar-refractivity contribution in [1.29, 1.82) is 0 Å². The Balaban J connectivity index is 1.22. The number of nitrogens with zero attached hydrogens (tertiary/aromatic N) is 3. The number of amides is 3. The highest BCUT2D eigenvalue weighted by Gasteiger charge is 2.39. The van der Waals surface area contributed by atoms with Gasteiger partial charge in [-0.05, 0) is 30.3 Å². The Kier molecular flexibility index (Phi) is 5.74. The van der Waals surface area contributed by atoms with E-state index in [0.29, 0.717) is 18.0 Å². The molecule has 10 nitrogen and oxygen atoms in total. The number of rotatable bonds is 4. The van der Waals surface area contributed by atoms with Crippen LogP contribution in [-0.2, 0) is 24.4 Å². The minimum Gasteiger partial charge on any atom is -0.482 e. The fourth-order valence-electron chi connectivity index (χ4n) is 4.51. The zero-order chi connectivity index (χ0) is 23.9. The lowest BCUT2D eigenvalue weighted by molar-refractivity contribution is -0.137. The number of hydrogen-bond acceptors (Lipinski definition) is 6. The number of ether oxygens (including phenoxy) is 1. The average Bonchev–Trinajstić information content (AvgIpc) is 3.25. The van der Waals surface area contributed by atoms with Crippen molar-refractivity contribution in [1.82, 2.24) is 9.21 Å². The van der Waals surface area contributed by atoms with E-state index >= 15 is 0 Å². The predicted octanol–water partition coefficient (Wildman–Crippen LogP) is 0.904. The first-order valence-corrected chi connectivity index (χ1v) is 12.5. The van der Waals surface area contributed by atoms with E-state index in [-0.39, 0.29) is 61.8 Å². The Labute approximate surface area is 197 Å². The maximum Gasteiger partial charge on any atom is 0.262 e. The van der Waals surface area contributed by atoms with Crippen LogP contribution in [0.5, 0.6) is 5.75 Å². The van der Waals surface area contributed by atoms with Gasteiger partial charge in [-0.1, -0.05) is 18.2 Å². The van der Waals surface area contributed by atoms with E-state index < -0.39 is 15.9 Å². The monoisotopic (exact) mass is 484 g/mol. The maximum atomic E-state index is 13.1. The molecule has 1 atom stereocenters. The molecule has 34 heavy (non-hydrogen) atoms. The minimum absolute atomic E-state index is 0.0525. The van der Waals surface area contributed by atoms with Gasteiger partial charge in [0, 0.05) is 44.8 Å². The van der Waals surface area contributed by atoms with E-state index in [1.54, 1.807) is 9.80 Å². The van der Waals surface area contributed by atoms with Crippen LogP contribution >= 0.6 is 0 Å². The van der Waals surface area contributed by atoms with Crippen molar-refractivity contribution in [3.63, 3.8) is 0 Å². The SMILES string of the molecule is O=C1COc2ccc(S(=O)(=O)N3CCN(C(=O)[C@@H]4CC(=O)N(c5ccccc5)C4)CC3)cc2N1. The van der Waals surface area contributed by atoms with Crippen molar-refractivity contribution in [3.8, 4) is 5.75 Å². The van der Waals surface area contributed by atoms with Crippen LogP contribution in [0.2, 0.25) is 0 Å². The second-order valence-electron chi connectivity index (χ2n) is 8.47. The number of hydrogen-bond donors (Lipinski definition) is 1. The van der Waals surface area contributed by atoms with Gasteiger partial charge in [0.1, 0.15) is 5.75 Å². The second-order valence-corrected chi connectivity index (χ2v) is 10.4. The van der Waals surface area contributed by atoms with Crippen LogP contribution in [-0.4, -0.2) is 74.7 Å². The van der Waals surface area contributed by atoms with Crippen molar-refractivity contribution >= 4 is 39.1 Å². The summed E-state index contributed by atoms with van der Waals surface area (Å²) in [7, 11) is -3.81. The number of benzene rings is 2. The number of sulfonamides is 1. The molecule has 3 amide bonds. The molecule has 0 saturated carbocycles. The van der Waals surface area contributed by atoms with Crippen molar-refractivity contribution in [3.05, 3.63) is 48.5 Å². The molecular formula is C23H24N4O6S. The lowest BCUT2D eigenvalue weighted by Crippen LogP contribution is -2.52. The van der Waals surface area contributed by atoms with Crippen LogP contribution in [0.4, 0.5) is 11.4 Å². The highest BCUT2D eigenvalue weighted by Crippen LogP contribution is 2.32. The molecule has 1 N–H and O–H groups in total. The van der Waals surface area contributed by atoms with Crippen LogP contribution in [0, 0.1) is 5.92 Å². The van der Waals surface area contributed by atoms with Gasteiger partial charge in [0.15, 0.2) is 6.61 Å². The Morgan fingerprint density at radius 3 is 2.47 bits per heavy atom. The summed E-state index contributed by atoms with van der Waals surface area (Å²) < 4.78 is 32.9. The zero-order valence-corrected chi connectivity index (χ0v) is 19.2. The molecule has 3 heterocycles. The molecule has 2 aromatic carbocycles. The van der Waals surface area contributed by atoms with Gasteiger partial charge in [0.05, 0.1) is 16.5 Å². The normalized spacial score (nSPS) is 21.1. The number of nitrogens with one attached hydrogen (secondary N) is 1. The van der Waals surface area contributed by atoms with Crippen LogP contribution < -0.4 is 15.0 Å². The van der Waals surface area contributed by atoms with Crippen molar-refractivity contribution in [2.75, 3.05) is 49.5 Å². The Bertz CT molecular complexity index is 1240. The molecular weight excluding hydrogens is 460 g/mol. The number of anilines is 2. The lowest BCUT2D eigenvalue weighted by atomic mass is 10.1. The van der Waals surface area contributed by atoms with Gasteiger partial charge in [-0.25, -0.2) is 8.42 Å². The molecule has 3 aliphatic rings. The molecule has 0 radical (unpaired) electrons. The Hall–Kier alpha value is -3.44. The highest BCUT2D eigenvalue weighted by atomic mass is 32.2. The molecule has 11 heteroatoms. The number of para-hydroxylation sites is 1. The quantitative estimate of drug-likeness (QED) is 0.690. The largest absolute Gasteiger partial charge is 0.482 e. The summed E-state index contributed by atoms with van der Waals surface area (Å²) in [5.74, 6) is -0.582. The van der Waals surface area contributed by atoms with Gasteiger partial charge in [-0.3, -0.25) is 14.4 Å².